The SMILES string of the molecule is O=S(NCc1ccccc1)c1cccc(CNCc2ccccn2)c1. The van der Waals surface area contributed by atoms with E-state index in [9.17, 15) is 4.21 Å². The monoisotopic (exact) mass is 351 g/mol. The molecular weight excluding hydrogens is 330 g/mol. The molecule has 5 heteroatoms. The molecule has 0 saturated carbocycles. The van der Waals surface area contributed by atoms with Crippen LogP contribution in [0.3, 0.4) is 0 Å². The smallest absolute Gasteiger partial charge is 0.125 e. The van der Waals surface area contributed by atoms with Crippen LogP contribution in [-0.4, -0.2) is 9.19 Å². The van der Waals surface area contributed by atoms with Crippen molar-refractivity contribution in [1.82, 2.24) is 15.0 Å². The van der Waals surface area contributed by atoms with E-state index >= 15 is 0 Å². The first-order valence-corrected chi connectivity index (χ1v) is 9.35. The van der Waals surface area contributed by atoms with Gasteiger partial charge in [0.1, 0.15) is 11.0 Å². The summed E-state index contributed by atoms with van der Waals surface area (Å²) in [5.41, 5.74) is 3.22. The van der Waals surface area contributed by atoms with Crippen molar-refractivity contribution in [1.29, 1.82) is 0 Å². The van der Waals surface area contributed by atoms with Gasteiger partial charge in [-0.05, 0) is 35.4 Å². The summed E-state index contributed by atoms with van der Waals surface area (Å²) in [4.78, 5) is 5.07. The van der Waals surface area contributed by atoms with E-state index < -0.39 is 11.0 Å². The summed E-state index contributed by atoms with van der Waals surface area (Å²) in [6.07, 6.45) is 1.79. The van der Waals surface area contributed by atoms with Crippen molar-refractivity contribution in [3.63, 3.8) is 0 Å². The second kappa shape index (κ2) is 9.22. The zero-order valence-electron chi connectivity index (χ0n) is 13.9. The molecule has 4 nitrogen and oxygen atoms in total. The molecule has 0 amide bonds. The van der Waals surface area contributed by atoms with Crippen molar-refractivity contribution in [2.45, 2.75) is 24.5 Å². The molecule has 128 valence electrons. The van der Waals surface area contributed by atoms with Gasteiger partial charge < -0.3 is 5.32 Å². The van der Waals surface area contributed by atoms with Crippen molar-refractivity contribution >= 4 is 11.0 Å². The van der Waals surface area contributed by atoms with E-state index in [0.717, 1.165) is 21.7 Å². The van der Waals surface area contributed by atoms with Gasteiger partial charge in [0.15, 0.2) is 0 Å². The van der Waals surface area contributed by atoms with Crippen LogP contribution in [0.1, 0.15) is 16.8 Å². The lowest BCUT2D eigenvalue weighted by Crippen LogP contribution is -2.17. The van der Waals surface area contributed by atoms with Crippen molar-refractivity contribution < 1.29 is 4.21 Å². The molecule has 0 saturated heterocycles. The first-order valence-electron chi connectivity index (χ1n) is 8.20. The van der Waals surface area contributed by atoms with Crippen LogP contribution < -0.4 is 10.0 Å². The van der Waals surface area contributed by atoms with Gasteiger partial charge in [-0.1, -0.05) is 48.5 Å². The van der Waals surface area contributed by atoms with E-state index in [-0.39, 0.29) is 0 Å². The molecule has 2 N–H and O–H groups in total. The molecule has 0 spiro atoms. The van der Waals surface area contributed by atoms with Crippen LogP contribution >= 0.6 is 0 Å². The fourth-order valence-electron chi connectivity index (χ4n) is 2.44. The highest BCUT2D eigenvalue weighted by Gasteiger charge is 2.05. The summed E-state index contributed by atoms with van der Waals surface area (Å²) in [6, 6.07) is 23.7. The van der Waals surface area contributed by atoms with E-state index in [1.807, 2.05) is 72.8 Å². The van der Waals surface area contributed by atoms with E-state index in [1.165, 1.54) is 0 Å². The topological polar surface area (TPSA) is 54.0 Å². The highest BCUT2D eigenvalue weighted by Crippen LogP contribution is 2.10. The summed E-state index contributed by atoms with van der Waals surface area (Å²) in [7, 11) is -1.23. The Bertz CT molecular complexity index is 809. The summed E-state index contributed by atoms with van der Waals surface area (Å²) in [5, 5.41) is 3.36. The number of nitrogens with zero attached hydrogens (tertiary/aromatic N) is 1. The third-order valence-corrected chi connectivity index (χ3v) is 4.81. The fraction of sp³-hybridized carbons (Fsp3) is 0.150. The summed E-state index contributed by atoms with van der Waals surface area (Å²) >= 11 is 0. The number of benzene rings is 2. The normalized spacial score (nSPS) is 12.0. The maximum absolute atomic E-state index is 12.4. The van der Waals surface area contributed by atoms with Crippen LogP contribution in [0.15, 0.2) is 83.9 Å². The average molecular weight is 351 g/mol. The van der Waals surface area contributed by atoms with Crippen LogP contribution in [0, 0.1) is 0 Å². The minimum Gasteiger partial charge on any atom is -0.307 e. The Kier molecular flexibility index (Phi) is 6.45. The van der Waals surface area contributed by atoms with Crippen LogP contribution in [0.25, 0.3) is 0 Å². The maximum atomic E-state index is 12.4. The summed E-state index contributed by atoms with van der Waals surface area (Å²) < 4.78 is 15.5. The van der Waals surface area contributed by atoms with Crippen LogP contribution in [0.2, 0.25) is 0 Å². The van der Waals surface area contributed by atoms with Crippen molar-refractivity contribution in [3.8, 4) is 0 Å². The minimum absolute atomic E-state index is 0.579. The molecule has 1 aromatic heterocycles. The first kappa shape index (κ1) is 17.5. The molecule has 0 fully saturated rings. The van der Waals surface area contributed by atoms with Gasteiger partial charge >= 0.3 is 0 Å². The number of hydrogen-bond donors (Lipinski definition) is 2. The Morgan fingerprint density at radius 1 is 0.800 bits per heavy atom. The molecular formula is C20H21N3OS. The Labute approximate surface area is 150 Å². The maximum Gasteiger partial charge on any atom is 0.125 e. The number of aromatic nitrogens is 1. The second-order valence-electron chi connectivity index (χ2n) is 5.65. The number of hydrogen-bond acceptors (Lipinski definition) is 3. The van der Waals surface area contributed by atoms with Crippen LogP contribution in [-0.2, 0) is 30.6 Å². The third kappa shape index (κ3) is 5.60. The molecule has 0 radical (unpaired) electrons. The predicted molar refractivity (Wildman–Crippen MR) is 101 cm³/mol. The van der Waals surface area contributed by atoms with E-state index in [2.05, 4.69) is 15.0 Å². The molecule has 1 heterocycles. The molecule has 3 rings (SSSR count). The molecule has 0 aliphatic rings. The van der Waals surface area contributed by atoms with Gasteiger partial charge in [0, 0.05) is 25.8 Å². The molecule has 2 aromatic carbocycles. The summed E-state index contributed by atoms with van der Waals surface area (Å²) in [5.74, 6) is 0. The quantitative estimate of drug-likeness (QED) is 0.655. The van der Waals surface area contributed by atoms with E-state index in [0.29, 0.717) is 19.6 Å². The van der Waals surface area contributed by atoms with Gasteiger partial charge in [-0.15, -0.1) is 0 Å². The molecule has 3 aromatic rings. The Balaban J connectivity index is 1.52. The molecule has 0 aliphatic carbocycles. The highest BCUT2D eigenvalue weighted by molar-refractivity contribution is 7.83. The Hall–Kier alpha value is -2.34. The lowest BCUT2D eigenvalue weighted by Gasteiger charge is -2.08. The standard InChI is InChI=1S/C20H21N3OS/c24-25(23-15-17-7-2-1-3-8-17)20-11-6-9-18(13-20)14-21-16-19-10-4-5-12-22-19/h1-13,21,23H,14-16H2. The van der Waals surface area contributed by atoms with E-state index in [4.69, 9.17) is 0 Å². The predicted octanol–water partition coefficient (Wildman–Crippen LogP) is 3.18. The van der Waals surface area contributed by atoms with Gasteiger partial charge in [-0.3, -0.25) is 4.98 Å². The Morgan fingerprint density at radius 3 is 2.40 bits per heavy atom. The zero-order chi connectivity index (χ0) is 17.3. The summed E-state index contributed by atoms with van der Waals surface area (Å²) in [6.45, 7) is 2.00. The number of pyridine rings is 1. The molecule has 0 bridgehead atoms. The van der Waals surface area contributed by atoms with Crippen LogP contribution in [0.5, 0.6) is 0 Å². The number of rotatable bonds is 8. The fourth-order valence-corrected chi connectivity index (χ4v) is 3.36. The van der Waals surface area contributed by atoms with Gasteiger partial charge in [-0.25, -0.2) is 8.93 Å². The molecule has 0 aliphatic heterocycles. The molecule has 1 atom stereocenters. The largest absolute Gasteiger partial charge is 0.307 e. The number of nitrogens with one attached hydrogen (secondary N) is 2. The Morgan fingerprint density at radius 2 is 1.60 bits per heavy atom. The minimum atomic E-state index is -1.23. The van der Waals surface area contributed by atoms with Gasteiger partial charge in [-0.2, -0.15) is 0 Å². The first-order chi connectivity index (χ1) is 12.3. The zero-order valence-corrected chi connectivity index (χ0v) is 14.7. The molecule has 25 heavy (non-hydrogen) atoms. The second-order valence-corrected chi connectivity index (χ2v) is 6.95. The lowest BCUT2D eigenvalue weighted by molar-refractivity contribution is 0.668. The average Bonchev–Trinajstić information content (AvgIpc) is 2.68. The van der Waals surface area contributed by atoms with Crippen molar-refractivity contribution in [3.05, 3.63) is 95.8 Å². The third-order valence-electron chi connectivity index (χ3n) is 3.72. The van der Waals surface area contributed by atoms with Crippen molar-refractivity contribution in [2.24, 2.45) is 0 Å². The lowest BCUT2D eigenvalue weighted by atomic mass is 10.2. The van der Waals surface area contributed by atoms with Crippen molar-refractivity contribution in [2.75, 3.05) is 0 Å². The van der Waals surface area contributed by atoms with Crippen LogP contribution in [0.4, 0.5) is 0 Å². The van der Waals surface area contributed by atoms with E-state index in [1.54, 1.807) is 6.20 Å². The van der Waals surface area contributed by atoms with Gasteiger partial charge in [0.25, 0.3) is 0 Å². The van der Waals surface area contributed by atoms with Gasteiger partial charge in [0.05, 0.1) is 10.6 Å². The highest BCUT2D eigenvalue weighted by atomic mass is 32.2. The van der Waals surface area contributed by atoms with Gasteiger partial charge in [0.2, 0.25) is 0 Å². The molecule has 1 unspecified atom stereocenters.